The van der Waals surface area contributed by atoms with Crippen LogP contribution in [0.4, 0.5) is 0 Å². The van der Waals surface area contributed by atoms with Crippen molar-refractivity contribution in [3.05, 3.63) is 76.5 Å². The van der Waals surface area contributed by atoms with E-state index in [9.17, 15) is 4.79 Å². The van der Waals surface area contributed by atoms with Gasteiger partial charge in [-0.05, 0) is 34.4 Å². The van der Waals surface area contributed by atoms with Crippen LogP contribution in [0.3, 0.4) is 0 Å². The number of hydrazone groups is 1. The highest BCUT2D eigenvalue weighted by atomic mass is 32.1. The van der Waals surface area contributed by atoms with Gasteiger partial charge in [0.15, 0.2) is 11.5 Å². The summed E-state index contributed by atoms with van der Waals surface area (Å²) >= 11 is 1.60. The quantitative estimate of drug-likeness (QED) is 0.404. The molecule has 0 aliphatic carbocycles. The molecule has 172 valence electrons. The van der Waals surface area contributed by atoms with Crippen molar-refractivity contribution in [2.45, 2.75) is 19.0 Å². The van der Waals surface area contributed by atoms with Crippen LogP contribution in [0.15, 0.2) is 71.1 Å². The summed E-state index contributed by atoms with van der Waals surface area (Å²) in [7, 11) is 3.18. The first kappa shape index (κ1) is 21.8. The van der Waals surface area contributed by atoms with Crippen LogP contribution >= 0.6 is 11.3 Å². The summed E-state index contributed by atoms with van der Waals surface area (Å²) in [5, 5.41) is 20.7. The fraction of sp³-hybridized carbons (Fsp3) is 0.208. The molecule has 1 aliphatic heterocycles. The van der Waals surface area contributed by atoms with Crippen LogP contribution in [0.1, 0.15) is 22.9 Å². The molecule has 0 fully saturated rings. The van der Waals surface area contributed by atoms with Gasteiger partial charge in [0.2, 0.25) is 5.82 Å². The minimum atomic E-state index is -0.290. The number of rotatable bonds is 7. The zero-order chi connectivity index (χ0) is 23.5. The van der Waals surface area contributed by atoms with E-state index in [0.29, 0.717) is 23.7 Å². The molecule has 4 aromatic rings. The van der Waals surface area contributed by atoms with Crippen molar-refractivity contribution in [1.29, 1.82) is 0 Å². The lowest BCUT2D eigenvalue weighted by molar-refractivity contribution is -0.134. The molecular formula is C24H22N6O3S. The third-order valence-corrected chi connectivity index (χ3v) is 6.44. The molecule has 0 saturated heterocycles. The first-order chi connectivity index (χ1) is 16.7. The molecule has 0 saturated carbocycles. The Morgan fingerprint density at radius 2 is 1.88 bits per heavy atom. The van der Waals surface area contributed by atoms with Crippen LogP contribution < -0.4 is 9.47 Å². The Kier molecular flexibility index (Phi) is 6.05. The van der Waals surface area contributed by atoms with Crippen molar-refractivity contribution in [1.82, 2.24) is 25.2 Å². The Bertz CT molecular complexity index is 1320. The van der Waals surface area contributed by atoms with Crippen molar-refractivity contribution in [3.63, 3.8) is 0 Å². The molecule has 0 radical (unpaired) electrons. The van der Waals surface area contributed by atoms with E-state index in [1.54, 1.807) is 25.6 Å². The second-order valence-corrected chi connectivity index (χ2v) is 8.55. The van der Waals surface area contributed by atoms with Gasteiger partial charge in [-0.25, -0.2) is 5.01 Å². The van der Waals surface area contributed by atoms with Gasteiger partial charge < -0.3 is 9.47 Å². The van der Waals surface area contributed by atoms with Crippen molar-refractivity contribution in [3.8, 4) is 22.9 Å². The predicted molar refractivity (Wildman–Crippen MR) is 128 cm³/mol. The van der Waals surface area contributed by atoms with E-state index in [-0.39, 0.29) is 18.5 Å². The van der Waals surface area contributed by atoms with Crippen LogP contribution in [0.5, 0.6) is 11.5 Å². The van der Waals surface area contributed by atoms with Gasteiger partial charge in [0.25, 0.3) is 5.91 Å². The zero-order valence-corrected chi connectivity index (χ0v) is 19.5. The summed E-state index contributed by atoms with van der Waals surface area (Å²) in [6, 6.07) is 18.9. The Balaban J connectivity index is 1.43. The summed E-state index contributed by atoms with van der Waals surface area (Å²) in [5.74, 6) is 1.46. The molecule has 1 amide bonds. The van der Waals surface area contributed by atoms with Crippen LogP contribution in [-0.4, -0.2) is 51.1 Å². The fourth-order valence-corrected chi connectivity index (χ4v) is 4.58. The largest absolute Gasteiger partial charge is 0.493 e. The summed E-state index contributed by atoms with van der Waals surface area (Å²) in [6.45, 7) is -0.0785. The van der Waals surface area contributed by atoms with Crippen LogP contribution in [0.2, 0.25) is 0 Å². The number of ether oxygens (including phenoxy) is 2. The molecule has 9 nitrogen and oxygen atoms in total. The zero-order valence-electron chi connectivity index (χ0n) is 18.7. The first-order valence-corrected chi connectivity index (χ1v) is 11.5. The molecule has 2 aromatic heterocycles. The molecule has 0 spiro atoms. The van der Waals surface area contributed by atoms with Crippen molar-refractivity contribution in [2.24, 2.45) is 5.10 Å². The SMILES string of the molecule is COc1ccc([C@@H]2CC(c3cccs3)=NN2C(=O)Cn2nnc(-c3ccccc3)n2)cc1OC. The van der Waals surface area contributed by atoms with Gasteiger partial charge in [-0.15, -0.1) is 21.5 Å². The van der Waals surface area contributed by atoms with Crippen LogP contribution in [0.25, 0.3) is 11.4 Å². The molecule has 2 aromatic carbocycles. The minimum absolute atomic E-state index is 0.0785. The van der Waals surface area contributed by atoms with Crippen LogP contribution in [-0.2, 0) is 11.3 Å². The molecular weight excluding hydrogens is 452 g/mol. The normalized spacial score (nSPS) is 15.3. The van der Waals surface area contributed by atoms with Gasteiger partial charge in [0.05, 0.1) is 30.9 Å². The predicted octanol–water partition coefficient (Wildman–Crippen LogP) is 3.80. The van der Waals surface area contributed by atoms with E-state index < -0.39 is 0 Å². The molecule has 0 unspecified atom stereocenters. The number of methoxy groups -OCH3 is 2. The number of thiophene rings is 1. The monoisotopic (exact) mass is 474 g/mol. The maximum Gasteiger partial charge on any atom is 0.266 e. The third-order valence-electron chi connectivity index (χ3n) is 5.53. The lowest BCUT2D eigenvalue weighted by Gasteiger charge is -2.22. The molecule has 34 heavy (non-hydrogen) atoms. The number of nitrogens with zero attached hydrogens (tertiary/aromatic N) is 6. The van der Waals surface area contributed by atoms with E-state index in [4.69, 9.17) is 14.6 Å². The van der Waals surface area contributed by atoms with Gasteiger partial charge in [-0.2, -0.15) is 9.90 Å². The molecule has 3 heterocycles. The standard InChI is InChI=1S/C24H22N6O3S/c1-32-20-11-10-17(13-21(20)33-2)19-14-18(22-9-6-12-34-22)26-30(19)23(31)15-29-27-24(25-28-29)16-7-4-3-5-8-16/h3-13,19H,14-15H2,1-2H3/t19-/m0/s1. The third kappa shape index (κ3) is 4.27. The van der Waals surface area contributed by atoms with Crippen molar-refractivity contribution in [2.75, 3.05) is 14.2 Å². The highest BCUT2D eigenvalue weighted by Crippen LogP contribution is 2.38. The van der Waals surface area contributed by atoms with E-state index in [1.807, 2.05) is 66.0 Å². The Morgan fingerprint density at radius 1 is 1.06 bits per heavy atom. The fourth-order valence-electron chi connectivity index (χ4n) is 3.86. The van der Waals surface area contributed by atoms with Gasteiger partial charge in [-0.1, -0.05) is 42.5 Å². The number of amides is 1. The number of benzene rings is 2. The number of tetrazole rings is 1. The van der Waals surface area contributed by atoms with Crippen LogP contribution in [0, 0.1) is 0 Å². The summed E-state index contributed by atoms with van der Waals surface area (Å²) in [6.07, 6.45) is 0.585. The molecule has 1 atom stereocenters. The topological polar surface area (TPSA) is 94.7 Å². The second-order valence-electron chi connectivity index (χ2n) is 7.61. The van der Waals surface area contributed by atoms with Gasteiger partial charge in [0.1, 0.15) is 6.54 Å². The van der Waals surface area contributed by atoms with E-state index >= 15 is 0 Å². The number of hydrogen-bond acceptors (Lipinski definition) is 8. The Morgan fingerprint density at radius 3 is 2.62 bits per heavy atom. The summed E-state index contributed by atoms with van der Waals surface area (Å²) < 4.78 is 10.8. The lowest BCUT2D eigenvalue weighted by atomic mass is 10.0. The highest BCUT2D eigenvalue weighted by molar-refractivity contribution is 7.12. The van der Waals surface area contributed by atoms with Gasteiger partial charge in [-0.3, -0.25) is 4.79 Å². The maximum atomic E-state index is 13.4. The average molecular weight is 475 g/mol. The minimum Gasteiger partial charge on any atom is -0.493 e. The van der Waals surface area contributed by atoms with E-state index in [2.05, 4.69) is 15.4 Å². The van der Waals surface area contributed by atoms with E-state index in [1.165, 1.54) is 9.81 Å². The van der Waals surface area contributed by atoms with Crippen molar-refractivity contribution < 1.29 is 14.3 Å². The second kappa shape index (κ2) is 9.44. The average Bonchev–Trinajstić information content (AvgIpc) is 3.65. The Labute approximate surface area is 200 Å². The number of carbonyl (C=O) groups excluding carboxylic acids is 1. The molecule has 10 heteroatoms. The number of aromatic nitrogens is 4. The first-order valence-electron chi connectivity index (χ1n) is 10.6. The Hall–Kier alpha value is -4.05. The van der Waals surface area contributed by atoms with Gasteiger partial charge >= 0.3 is 0 Å². The smallest absolute Gasteiger partial charge is 0.266 e. The highest BCUT2D eigenvalue weighted by Gasteiger charge is 2.34. The molecule has 5 rings (SSSR count). The molecule has 0 bridgehead atoms. The lowest BCUT2D eigenvalue weighted by Crippen LogP contribution is -2.31. The molecule has 0 N–H and O–H groups in total. The maximum absolute atomic E-state index is 13.4. The number of carbonyl (C=O) groups is 1. The summed E-state index contributed by atoms with van der Waals surface area (Å²) in [4.78, 5) is 15.7. The van der Waals surface area contributed by atoms with Crippen molar-refractivity contribution >= 4 is 23.0 Å². The molecule has 1 aliphatic rings. The summed E-state index contributed by atoms with van der Waals surface area (Å²) in [5.41, 5.74) is 2.60. The van der Waals surface area contributed by atoms with Gasteiger partial charge in [0, 0.05) is 12.0 Å². The number of hydrogen-bond donors (Lipinski definition) is 0. The van der Waals surface area contributed by atoms with E-state index in [0.717, 1.165) is 21.7 Å².